The molecule has 0 saturated heterocycles. The quantitative estimate of drug-likeness (QED) is 0.0282. The molecule has 2 aromatic rings. The first-order valence-electron chi connectivity index (χ1n) is 20.7. The number of carbonyl (C=O) groups excluding carboxylic acids is 6. The van der Waals surface area contributed by atoms with E-state index in [1.807, 2.05) is 6.07 Å². The summed E-state index contributed by atoms with van der Waals surface area (Å²) in [5.41, 5.74) is 0.513. The molecule has 0 radical (unpaired) electrons. The van der Waals surface area contributed by atoms with E-state index >= 15 is 4.39 Å². The van der Waals surface area contributed by atoms with Gasteiger partial charge in [-0.1, -0.05) is 64.0 Å². The van der Waals surface area contributed by atoms with Crippen molar-refractivity contribution in [1.29, 1.82) is 0 Å². The molecule has 1 aliphatic carbocycles. The second-order valence-corrected chi connectivity index (χ2v) is 15.8. The molecule has 0 atom stereocenters. The zero-order valence-corrected chi connectivity index (χ0v) is 36.2. The van der Waals surface area contributed by atoms with Crippen molar-refractivity contribution >= 4 is 35.4 Å². The molecule has 334 valence electrons. The zero-order valence-electron chi connectivity index (χ0n) is 36.2. The lowest BCUT2D eigenvalue weighted by Gasteiger charge is -2.32. The van der Waals surface area contributed by atoms with Gasteiger partial charge in [0.25, 0.3) is 0 Å². The molecule has 0 bridgehead atoms. The monoisotopic (exact) mass is 852 g/mol. The van der Waals surface area contributed by atoms with Crippen molar-refractivity contribution in [2.75, 3.05) is 53.9 Å². The van der Waals surface area contributed by atoms with Gasteiger partial charge in [-0.15, -0.1) is 0 Å². The number of hydrogen-bond donors (Lipinski definition) is 0. The van der Waals surface area contributed by atoms with E-state index < -0.39 is 73.1 Å². The van der Waals surface area contributed by atoms with Crippen LogP contribution < -0.4 is 4.74 Å². The first-order chi connectivity index (χ1) is 29.1. The Hall–Kier alpha value is -5.21. The van der Waals surface area contributed by atoms with Crippen LogP contribution in [0.3, 0.4) is 0 Å². The number of hydrogen-bond acceptors (Lipinski definition) is 13. The van der Waals surface area contributed by atoms with E-state index in [0.717, 1.165) is 31.2 Å². The molecule has 2 aromatic carbocycles. The minimum Gasteiger partial charge on any atom is -0.493 e. The molecule has 1 aliphatic rings. The van der Waals surface area contributed by atoms with Crippen LogP contribution in [0, 0.1) is 17.2 Å². The standard InChI is InChI=1S/C47H61FO13/c1-8-9-10-11-33-12-14-34(15-13-33)35-16-18-39(40(48)25-35)38-19-17-37(24-36(38)26-57-43(51)31(2)3)58-27-47(28-59-44(52)32(4)5,29-60-45(53)41(49)20-22-55-6)30-61-46(54)42(50)21-23-56-7/h16-19,24-25,33-34H,2,4,8-15,20-23,26-30H2,1,3,5-7H3. The molecule has 14 heteroatoms. The lowest BCUT2D eigenvalue weighted by Crippen LogP contribution is -2.45. The molecular weight excluding hydrogens is 792 g/mol. The largest absolute Gasteiger partial charge is 0.493 e. The van der Waals surface area contributed by atoms with Gasteiger partial charge in [-0.3, -0.25) is 9.59 Å². The number of Topliss-reactive ketones (excluding diaryl/α,β-unsaturated/α-hetero) is 2. The lowest BCUT2D eigenvalue weighted by molar-refractivity contribution is -0.169. The van der Waals surface area contributed by atoms with Crippen LogP contribution in [0.15, 0.2) is 60.7 Å². The zero-order chi connectivity index (χ0) is 45.0. The number of halogens is 1. The van der Waals surface area contributed by atoms with Crippen LogP contribution in [-0.2, 0) is 63.8 Å². The number of carbonyl (C=O) groups is 6. The van der Waals surface area contributed by atoms with Crippen LogP contribution in [0.4, 0.5) is 4.39 Å². The van der Waals surface area contributed by atoms with Crippen LogP contribution >= 0.6 is 0 Å². The number of ether oxygens (including phenoxy) is 7. The summed E-state index contributed by atoms with van der Waals surface area (Å²) >= 11 is 0. The number of unbranched alkanes of at least 4 members (excludes halogenated alkanes) is 2. The van der Waals surface area contributed by atoms with Gasteiger partial charge in [-0.25, -0.2) is 23.6 Å². The summed E-state index contributed by atoms with van der Waals surface area (Å²) in [6.45, 7) is 9.52. The van der Waals surface area contributed by atoms with Crippen molar-refractivity contribution < 1.29 is 66.3 Å². The van der Waals surface area contributed by atoms with E-state index in [4.69, 9.17) is 33.2 Å². The lowest BCUT2D eigenvalue weighted by atomic mass is 9.77. The Bertz CT molecular complexity index is 1820. The second kappa shape index (κ2) is 25.5. The fraction of sp³-hybridized carbons (Fsp3) is 0.532. The van der Waals surface area contributed by atoms with Gasteiger partial charge < -0.3 is 33.2 Å². The van der Waals surface area contributed by atoms with Crippen LogP contribution in [0.1, 0.15) is 102 Å². The van der Waals surface area contributed by atoms with Crippen LogP contribution in [-0.4, -0.2) is 89.3 Å². The van der Waals surface area contributed by atoms with Gasteiger partial charge in [0, 0.05) is 49.3 Å². The smallest absolute Gasteiger partial charge is 0.374 e. The maximum Gasteiger partial charge on any atom is 0.374 e. The van der Waals surface area contributed by atoms with Gasteiger partial charge in [0.1, 0.15) is 50.0 Å². The Kier molecular flexibility index (Phi) is 21.0. The predicted octanol–water partition coefficient (Wildman–Crippen LogP) is 7.75. The van der Waals surface area contributed by atoms with E-state index in [-0.39, 0.29) is 61.0 Å². The van der Waals surface area contributed by atoms with Gasteiger partial charge in [0.2, 0.25) is 11.6 Å². The first-order valence-corrected chi connectivity index (χ1v) is 20.7. The van der Waals surface area contributed by atoms with Crippen molar-refractivity contribution in [3.63, 3.8) is 0 Å². The molecule has 1 fully saturated rings. The highest BCUT2D eigenvalue weighted by atomic mass is 19.1. The summed E-state index contributed by atoms with van der Waals surface area (Å²) < 4.78 is 53.6. The van der Waals surface area contributed by atoms with Crippen molar-refractivity contribution in [3.8, 4) is 16.9 Å². The van der Waals surface area contributed by atoms with Crippen LogP contribution in [0.5, 0.6) is 5.75 Å². The average Bonchev–Trinajstić information content (AvgIpc) is 3.25. The number of benzene rings is 2. The molecule has 3 rings (SSSR count). The van der Waals surface area contributed by atoms with Gasteiger partial charge in [0.15, 0.2) is 0 Å². The van der Waals surface area contributed by atoms with Gasteiger partial charge in [0.05, 0.1) is 13.2 Å². The minimum absolute atomic E-state index is 0.0308. The molecule has 61 heavy (non-hydrogen) atoms. The fourth-order valence-corrected chi connectivity index (χ4v) is 6.80. The summed E-state index contributed by atoms with van der Waals surface area (Å²) in [6, 6.07) is 9.91. The van der Waals surface area contributed by atoms with E-state index in [1.54, 1.807) is 18.2 Å². The number of methoxy groups -OCH3 is 2. The van der Waals surface area contributed by atoms with Crippen LogP contribution in [0.2, 0.25) is 0 Å². The van der Waals surface area contributed by atoms with Crippen molar-refractivity contribution in [1.82, 2.24) is 0 Å². The minimum atomic E-state index is -1.69. The molecule has 0 aliphatic heterocycles. The highest BCUT2D eigenvalue weighted by molar-refractivity contribution is 6.34. The van der Waals surface area contributed by atoms with E-state index in [1.165, 1.54) is 65.9 Å². The maximum absolute atomic E-state index is 16.1. The molecule has 0 heterocycles. The van der Waals surface area contributed by atoms with Crippen molar-refractivity contribution in [2.45, 2.75) is 97.5 Å². The average molecular weight is 853 g/mol. The third-order valence-corrected chi connectivity index (χ3v) is 10.5. The van der Waals surface area contributed by atoms with Crippen molar-refractivity contribution in [2.24, 2.45) is 11.3 Å². The molecule has 0 aromatic heterocycles. The van der Waals surface area contributed by atoms with Gasteiger partial charge in [-0.2, -0.15) is 0 Å². The molecule has 1 saturated carbocycles. The molecule has 0 amide bonds. The number of esters is 4. The van der Waals surface area contributed by atoms with Gasteiger partial charge in [-0.05, 0) is 80.7 Å². The summed E-state index contributed by atoms with van der Waals surface area (Å²) in [5.74, 6) is -5.08. The van der Waals surface area contributed by atoms with Gasteiger partial charge >= 0.3 is 23.9 Å². The maximum atomic E-state index is 16.1. The second-order valence-electron chi connectivity index (χ2n) is 15.8. The number of rotatable bonds is 27. The summed E-state index contributed by atoms with van der Waals surface area (Å²) in [6.07, 6.45) is 8.63. The fourth-order valence-electron chi connectivity index (χ4n) is 6.80. The summed E-state index contributed by atoms with van der Waals surface area (Å²) in [7, 11) is 2.71. The molecular formula is C47H61FO13. The highest BCUT2D eigenvalue weighted by Crippen LogP contribution is 2.40. The normalized spacial score (nSPS) is 15.0. The third-order valence-electron chi connectivity index (χ3n) is 10.5. The van der Waals surface area contributed by atoms with Crippen LogP contribution in [0.25, 0.3) is 11.1 Å². The predicted molar refractivity (Wildman–Crippen MR) is 224 cm³/mol. The summed E-state index contributed by atoms with van der Waals surface area (Å²) in [4.78, 5) is 75.4. The molecule has 13 nitrogen and oxygen atoms in total. The van der Waals surface area contributed by atoms with E-state index in [0.29, 0.717) is 17.0 Å². The first kappa shape index (κ1) is 50.1. The van der Waals surface area contributed by atoms with E-state index in [9.17, 15) is 28.8 Å². The Morgan fingerprint density at radius 1 is 0.689 bits per heavy atom. The van der Waals surface area contributed by atoms with Crippen molar-refractivity contribution in [3.05, 3.63) is 77.6 Å². The SMILES string of the molecule is C=C(C)C(=O)OCc1cc(OCC(COC(=O)C(=C)C)(COC(=O)C(=O)CCOC)COC(=O)C(=O)CCOC)ccc1-c1ccc(C2CCC(CCCCC)CC2)cc1F. The molecule has 0 spiro atoms. The number of ketones is 2. The molecule has 0 unspecified atom stereocenters. The molecule has 0 N–H and O–H groups in total. The topological polar surface area (TPSA) is 167 Å². The van der Waals surface area contributed by atoms with E-state index in [2.05, 4.69) is 20.1 Å². The summed E-state index contributed by atoms with van der Waals surface area (Å²) in [5, 5.41) is 0. The Morgan fingerprint density at radius 2 is 1.23 bits per heavy atom. The Balaban J connectivity index is 1.97. The Labute approximate surface area is 358 Å². The Morgan fingerprint density at radius 3 is 1.75 bits per heavy atom. The third kappa shape index (κ3) is 16.3. The highest BCUT2D eigenvalue weighted by Gasteiger charge is 2.39.